The minimum atomic E-state index is -0.338. The Balaban J connectivity index is 0.000000200. The summed E-state index contributed by atoms with van der Waals surface area (Å²) in [4.78, 5) is 53.0. The van der Waals surface area contributed by atoms with Gasteiger partial charge in [-0.3, -0.25) is 19.2 Å². The molecule has 0 spiro atoms. The van der Waals surface area contributed by atoms with Gasteiger partial charge in [0.2, 0.25) is 0 Å². The van der Waals surface area contributed by atoms with Crippen molar-refractivity contribution in [2.75, 3.05) is 39.3 Å². The normalized spacial score (nSPS) is 20.8. The van der Waals surface area contributed by atoms with E-state index in [9.17, 15) is 19.2 Å². The van der Waals surface area contributed by atoms with Gasteiger partial charge in [-0.25, -0.2) is 0 Å². The highest BCUT2D eigenvalue weighted by Gasteiger charge is 2.41. The van der Waals surface area contributed by atoms with E-state index in [1.54, 1.807) is 19.6 Å². The molecule has 1 saturated carbocycles. The van der Waals surface area contributed by atoms with Crippen LogP contribution in [0.2, 0.25) is 0 Å². The van der Waals surface area contributed by atoms with Crippen molar-refractivity contribution in [3.8, 4) is 0 Å². The van der Waals surface area contributed by atoms with E-state index in [1.807, 2.05) is 20.8 Å². The first-order chi connectivity index (χ1) is 13.3. The number of carbonyl (C=O) groups is 4. The molecule has 2 heterocycles. The van der Waals surface area contributed by atoms with Crippen LogP contribution >= 0.6 is 0 Å². The zero-order valence-corrected chi connectivity index (χ0v) is 17.6. The second kappa shape index (κ2) is 9.89. The first-order valence-electron chi connectivity index (χ1n) is 10.5. The van der Waals surface area contributed by atoms with Gasteiger partial charge in [0.25, 0.3) is 0 Å². The molecule has 4 amide bonds. The summed E-state index contributed by atoms with van der Waals surface area (Å²) < 4.78 is 0. The average molecular weight is 395 g/mol. The van der Waals surface area contributed by atoms with Gasteiger partial charge in [-0.15, -0.1) is 0 Å². The van der Waals surface area contributed by atoms with E-state index in [-0.39, 0.29) is 29.7 Å². The molecule has 8 heteroatoms. The molecular formula is C20H34N4O4. The molecule has 28 heavy (non-hydrogen) atoms. The largest absolute Gasteiger partial charge is 0.333 e. The molecule has 0 aromatic rings. The average Bonchev–Trinajstić information content (AvgIpc) is 3.50. The number of hydrogen-bond acceptors (Lipinski definition) is 4. The maximum Gasteiger partial charge on any atom is 0.312 e. The van der Waals surface area contributed by atoms with Gasteiger partial charge in [0, 0.05) is 51.4 Å². The van der Waals surface area contributed by atoms with E-state index in [0.717, 1.165) is 32.2 Å². The second-order valence-corrected chi connectivity index (χ2v) is 7.85. The van der Waals surface area contributed by atoms with Crippen LogP contribution in [-0.4, -0.2) is 94.6 Å². The molecule has 0 aromatic carbocycles. The van der Waals surface area contributed by atoms with Crippen molar-refractivity contribution in [2.24, 2.45) is 0 Å². The third kappa shape index (κ3) is 5.23. The monoisotopic (exact) mass is 394 g/mol. The van der Waals surface area contributed by atoms with Gasteiger partial charge < -0.3 is 19.6 Å². The van der Waals surface area contributed by atoms with Crippen molar-refractivity contribution in [3.63, 3.8) is 0 Å². The number of unbranched alkanes of at least 4 members (excludes halogenated alkanes) is 1. The lowest BCUT2D eigenvalue weighted by atomic mass is 10.2. The summed E-state index contributed by atoms with van der Waals surface area (Å²) in [5.74, 6) is -1.29. The van der Waals surface area contributed by atoms with Crippen molar-refractivity contribution < 1.29 is 19.2 Å². The fourth-order valence-corrected chi connectivity index (χ4v) is 3.47. The third-order valence-electron chi connectivity index (χ3n) is 5.46. The highest BCUT2D eigenvalue weighted by atomic mass is 16.2. The molecule has 1 aliphatic carbocycles. The molecule has 2 saturated heterocycles. The number of nitrogens with zero attached hydrogens (tertiary/aromatic N) is 4. The van der Waals surface area contributed by atoms with Crippen molar-refractivity contribution in [3.05, 3.63) is 0 Å². The van der Waals surface area contributed by atoms with Gasteiger partial charge in [-0.2, -0.15) is 0 Å². The first-order valence-corrected chi connectivity index (χ1v) is 10.5. The number of carbonyl (C=O) groups excluding carboxylic acids is 4. The molecule has 3 aliphatic rings. The Morgan fingerprint density at radius 2 is 1.43 bits per heavy atom. The predicted octanol–water partition coefficient (Wildman–Crippen LogP) is 0.705. The van der Waals surface area contributed by atoms with Crippen molar-refractivity contribution in [2.45, 2.75) is 65.5 Å². The molecule has 2 aliphatic heterocycles. The molecule has 3 rings (SSSR count). The second-order valence-electron chi connectivity index (χ2n) is 7.85. The molecule has 0 radical (unpaired) electrons. The number of rotatable bonds is 6. The lowest BCUT2D eigenvalue weighted by molar-refractivity contribution is -0.157. The Labute approximate surface area is 167 Å². The minimum absolute atomic E-state index is 0.132. The molecule has 0 bridgehead atoms. The molecule has 0 unspecified atom stereocenters. The van der Waals surface area contributed by atoms with Crippen LogP contribution in [-0.2, 0) is 19.2 Å². The zero-order chi connectivity index (χ0) is 20.8. The maximum absolute atomic E-state index is 11.7. The summed E-state index contributed by atoms with van der Waals surface area (Å²) in [6, 6.07) is 0.494. The Kier molecular flexibility index (Phi) is 7.83. The van der Waals surface area contributed by atoms with Crippen molar-refractivity contribution in [1.82, 2.24) is 19.6 Å². The molecular weight excluding hydrogens is 360 g/mol. The summed E-state index contributed by atoms with van der Waals surface area (Å²) in [6.45, 7) is 12.0. The summed E-state index contributed by atoms with van der Waals surface area (Å²) in [5, 5.41) is 0. The van der Waals surface area contributed by atoms with E-state index < -0.39 is 0 Å². The zero-order valence-electron chi connectivity index (χ0n) is 17.6. The molecule has 0 aromatic heterocycles. The smallest absolute Gasteiger partial charge is 0.312 e. The highest BCUT2D eigenvalue weighted by molar-refractivity contribution is 6.36. The molecule has 158 valence electrons. The number of amides is 4. The van der Waals surface area contributed by atoms with Crippen LogP contribution in [0.4, 0.5) is 0 Å². The fourth-order valence-electron chi connectivity index (χ4n) is 3.47. The molecule has 3 fully saturated rings. The maximum atomic E-state index is 11.7. The van der Waals surface area contributed by atoms with Gasteiger partial charge in [0.1, 0.15) is 0 Å². The van der Waals surface area contributed by atoms with Gasteiger partial charge >= 0.3 is 23.6 Å². The van der Waals surface area contributed by atoms with E-state index in [1.165, 1.54) is 0 Å². The summed E-state index contributed by atoms with van der Waals surface area (Å²) >= 11 is 0. The number of likely N-dealkylation sites (N-methyl/N-ethyl adjacent to an activating group) is 1. The van der Waals surface area contributed by atoms with Crippen molar-refractivity contribution >= 4 is 23.6 Å². The number of hydrogen-bond donors (Lipinski definition) is 0. The van der Waals surface area contributed by atoms with Crippen LogP contribution in [0, 0.1) is 0 Å². The topological polar surface area (TPSA) is 81.2 Å². The van der Waals surface area contributed by atoms with Gasteiger partial charge in [0.15, 0.2) is 0 Å². The van der Waals surface area contributed by atoms with Gasteiger partial charge in [-0.1, -0.05) is 13.3 Å². The van der Waals surface area contributed by atoms with E-state index >= 15 is 0 Å². The van der Waals surface area contributed by atoms with Crippen LogP contribution < -0.4 is 0 Å². The lowest BCUT2D eigenvalue weighted by Gasteiger charge is -2.36. The standard InChI is InChI=1S/C10H16N2O2.C10H18N2O2/c1-7(2)11-5-6-12(8-3-4-8)10(14)9(11)13;1-3-5-6-12-8-7-11(4-2)9(13)10(12)14/h7-8H,3-6H2,1-2H3;3-8H2,1-2H3. The molecule has 0 N–H and O–H groups in total. The lowest BCUT2D eigenvalue weighted by Crippen LogP contribution is -2.56. The van der Waals surface area contributed by atoms with Gasteiger partial charge in [0.05, 0.1) is 0 Å². The summed E-state index contributed by atoms with van der Waals surface area (Å²) in [5.41, 5.74) is 0. The van der Waals surface area contributed by atoms with Crippen LogP contribution in [0.3, 0.4) is 0 Å². The van der Waals surface area contributed by atoms with Gasteiger partial charge in [-0.05, 0) is 40.0 Å². The van der Waals surface area contributed by atoms with E-state index in [4.69, 9.17) is 0 Å². The summed E-state index contributed by atoms with van der Waals surface area (Å²) in [7, 11) is 0. The summed E-state index contributed by atoms with van der Waals surface area (Å²) in [6.07, 6.45) is 4.17. The van der Waals surface area contributed by atoms with Crippen molar-refractivity contribution in [1.29, 1.82) is 0 Å². The first kappa shape index (κ1) is 22.2. The third-order valence-corrected chi connectivity index (χ3v) is 5.46. The Bertz CT molecular complexity index is 583. The SMILES string of the molecule is CC(C)N1CCN(C2CC2)C(=O)C1=O.CCCCN1CCN(CC)C(=O)C1=O. The molecule has 0 atom stereocenters. The van der Waals surface area contributed by atoms with Crippen LogP contribution in [0.1, 0.15) is 53.4 Å². The number of piperazine rings is 2. The van der Waals surface area contributed by atoms with Crippen LogP contribution in [0.25, 0.3) is 0 Å². The minimum Gasteiger partial charge on any atom is -0.333 e. The van der Waals surface area contributed by atoms with E-state index in [0.29, 0.717) is 38.8 Å². The quantitative estimate of drug-likeness (QED) is 0.621. The fraction of sp³-hybridized carbons (Fsp3) is 0.800. The predicted molar refractivity (Wildman–Crippen MR) is 105 cm³/mol. The van der Waals surface area contributed by atoms with E-state index in [2.05, 4.69) is 6.92 Å². The molecule has 8 nitrogen and oxygen atoms in total. The van der Waals surface area contributed by atoms with Crippen LogP contribution in [0.5, 0.6) is 0 Å². The van der Waals surface area contributed by atoms with Crippen LogP contribution in [0.15, 0.2) is 0 Å². The Morgan fingerprint density at radius 1 is 0.821 bits per heavy atom. The Morgan fingerprint density at radius 3 is 1.96 bits per heavy atom. The Hall–Kier alpha value is -2.12. The highest BCUT2D eigenvalue weighted by Crippen LogP contribution is 2.28.